The molecule has 0 unspecified atom stereocenters. The Morgan fingerprint density at radius 2 is 2.08 bits per heavy atom. The minimum absolute atomic E-state index is 0.119. The van der Waals surface area contributed by atoms with E-state index < -0.39 is 0 Å². The number of aromatic nitrogens is 4. The Balaban J connectivity index is 1.94. The summed E-state index contributed by atoms with van der Waals surface area (Å²) < 4.78 is 1.56. The van der Waals surface area contributed by atoms with Gasteiger partial charge >= 0.3 is 0 Å². The van der Waals surface area contributed by atoms with Crippen LogP contribution in [0.5, 0.6) is 0 Å². The van der Waals surface area contributed by atoms with Crippen molar-refractivity contribution in [2.45, 2.75) is 40.5 Å². The molecule has 0 aliphatic carbocycles. The lowest BCUT2D eigenvalue weighted by Gasteiger charge is -2.06. The molecule has 130 valence electrons. The zero-order valence-corrected chi connectivity index (χ0v) is 15.6. The van der Waals surface area contributed by atoms with Crippen LogP contribution in [0.4, 0.5) is 5.13 Å². The second-order valence-electron chi connectivity index (χ2n) is 6.07. The summed E-state index contributed by atoms with van der Waals surface area (Å²) in [5.41, 5.74) is 4.24. The van der Waals surface area contributed by atoms with Crippen molar-refractivity contribution >= 4 is 22.7 Å². The third kappa shape index (κ3) is 3.61. The van der Waals surface area contributed by atoms with Crippen LogP contribution in [0.2, 0.25) is 0 Å². The molecule has 7 heteroatoms. The smallest absolute Gasteiger partial charge is 0.280 e. The molecule has 3 aromatic rings. The van der Waals surface area contributed by atoms with E-state index in [9.17, 15) is 4.79 Å². The fourth-order valence-electron chi connectivity index (χ4n) is 2.67. The molecular formula is C18H21N5OS. The van der Waals surface area contributed by atoms with Crippen LogP contribution in [0.1, 0.15) is 40.7 Å². The predicted octanol–water partition coefficient (Wildman–Crippen LogP) is 3.65. The fraction of sp³-hybridized carbons (Fsp3) is 0.333. The molecule has 6 nitrogen and oxygen atoms in total. The quantitative estimate of drug-likeness (QED) is 0.710. The lowest BCUT2D eigenvalue weighted by Crippen LogP contribution is -2.18. The minimum atomic E-state index is -0.119. The zero-order chi connectivity index (χ0) is 18.0. The van der Waals surface area contributed by atoms with Gasteiger partial charge in [-0.1, -0.05) is 36.0 Å². The Kier molecular flexibility index (Phi) is 4.94. The molecule has 25 heavy (non-hydrogen) atoms. The molecule has 0 aliphatic rings. The topological polar surface area (TPSA) is 75.9 Å². The number of aromatic amines is 1. The van der Waals surface area contributed by atoms with Crippen molar-refractivity contribution in [1.29, 1.82) is 0 Å². The van der Waals surface area contributed by atoms with Gasteiger partial charge in [0.2, 0.25) is 5.13 Å². The maximum absolute atomic E-state index is 12.8. The summed E-state index contributed by atoms with van der Waals surface area (Å²) in [6, 6.07) is 6.00. The third-order valence-electron chi connectivity index (χ3n) is 3.93. The number of nitrogens with zero attached hydrogens (tertiary/aromatic N) is 4. The Labute approximate surface area is 150 Å². The first-order valence-corrected chi connectivity index (χ1v) is 9.07. The largest absolute Gasteiger partial charge is 0.295 e. The fourth-order valence-corrected chi connectivity index (χ4v) is 3.45. The molecule has 1 N–H and O–H groups in total. The first kappa shape index (κ1) is 17.3. The van der Waals surface area contributed by atoms with Crippen molar-refractivity contribution in [2.24, 2.45) is 4.99 Å². The predicted molar refractivity (Wildman–Crippen MR) is 102 cm³/mol. The summed E-state index contributed by atoms with van der Waals surface area (Å²) in [7, 11) is 0. The van der Waals surface area contributed by atoms with Crippen molar-refractivity contribution in [2.75, 3.05) is 0 Å². The number of hydrogen-bond donors (Lipinski definition) is 1. The van der Waals surface area contributed by atoms with Crippen LogP contribution >= 0.6 is 11.3 Å². The van der Waals surface area contributed by atoms with E-state index in [0.29, 0.717) is 10.7 Å². The highest BCUT2D eigenvalue weighted by molar-refractivity contribution is 7.14. The minimum Gasteiger partial charge on any atom is -0.295 e. The second-order valence-corrected chi connectivity index (χ2v) is 7.11. The van der Waals surface area contributed by atoms with Gasteiger partial charge in [-0.3, -0.25) is 9.89 Å². The zero-order valence-electron chi connectivity index (χ0n) is 14.8. The van der Waals surface area contributed by atoms with Crippen molar-refractivity contribution in [3.05, 3.63) is 55.9 Å². The molecule has 0 bridgehead atoms. The van der Waals surface area contributed by atoms with Gasteiger partial charge < -0.3 is 0 Å². The molecule has 0 saturated carbocycles. The molecule has 2 aromatic heterocycles. The Hall–Kier alpha value is -2.54. The lowest BCUT2D eigenvalue weighted by atomic mass is 10.1. The standard InChI is InChI=1S/C18H21N5OS/c1-5-6-16-20-21-18(25-16)19-10-14-13(4)22-23(17(14)24)15-8-7-11(2)9-12(15)3/h7-10,22H,5-6H2,1-4H3. The van der Waals surface area contributed by atoms with Gasteiger partial charge in [0.25, 0.3) is 5.56 Å². The highest BCUT2D eigenvalue weighted by Crippen LogP contribution is 2.19. The van der Waals surface area contributed by atoms with Crippen LogP contribution in [0.25, 0.3) is 5.69 Å². The normalized spacial score (nSPS) is 11.5. The Bertz CT molecular complexity index is 980. The van der Waals surface area contributed by atoms with Gasteiger partial charge in [0, 0.05) is 18.3 Å². The second kappa shape index (κ2) is 7.14. The lowest BCUT2D eigenvalue weighted by molar-refractivity contribution is 0.828. The van der Waals surface area contributed by atoms with Crippen LogP contribution in [-0.4, -0.2) is 26.2 Å². The summed E-state index contributed by atoms with van der Waals surface area (Å²) >= 11 is 1.46. The molecule has 0 saturated heterocycles. The average Bonchev–Trinajstić information content (AvgIpc) is 3.11. The molecule has 1 aromatic carbocycles. The Morgan fingerprint density at radius 3 is 2.80 bits per heavy atom. The van der Waals surface area contributed by atoms with E-state index in [1.54, 1.807) is 10.9 Å². The first-order valence-electron chi connectivity index (χ1n) is 8.25. The van der Waals surface area contributed by atoms with Crippen molar-refractivity contribution in [1.82, 2.24) is 20.0 Å². The number of hydrogen-bond acceptors (Lipinski definition) is 5. The number of benzene rings is 1. The van der Waals surface area contributed by atoms with E-state index in [-0.39, 0.29) is 5.56 Å². The number of aliphatic imine (C=N–C) groups is 1. The van der Waals surface area contributed by atoms with Crippen molar-refractivity contribution in [3.63, 3.8) is 0 Å². The summed E-state index contributed by atoms with van der Waals surface area (Å²) in [5.74, 6) is 0. The molecule has 0 amide bonds. The monoisotopic (exact) mass is 355 g/mol. The highest BCUT2D eigenvalue weighted by atomic mass is 32.1. The van der Waals surface area contributed by atoms with E-state index in [4.69, 9.17) is 0 Å². The summed E-state index contributed by atoms with van der Waals surface area (Å²) in [6.45, 7) is 8.00. The summed E-state index contributed by atoms with van der Waals surface area (Å²) in [6.07, 6.45) is 3.50. The maximum Gasteiger partial charge on any atom is 0.280 e. The first-order chi connectivity index (χ1) is 12.0. The van der Waals surface area contributed by atoms with Crippen LogP contribution in [-0.2, 0) is 6.42 Å². The van der Waals surface area contributed by atoms with E-state index in [1.807, 2.05) is 32.9 Å². The van der Waals surface area contributed by atoms with Gasteiger partial charge in [0.1, 0.15) is 5.01 Å². The molecule has 0 atom stereocenters. The van der Waals surface area contributed by atoms with E-state index in [2.05, 4.69) is 33.3 Å². The number of aryl methyl sites for hydroxylation is 4. The Morgan fingerprint density at radius 1 is 1.28 bits per heavy atom. The molecule has 0 aliphatic heterocycles. The van der Waals surface area contributed by atoms with Gasteiger partial charge in [0.15, 0.2) is 0 Å². The van der Waals surface area contributed by atoms with Crippen LogP contribution in [0.15, 0.2) is 28.0 Å². The number of rotatable bonds is 5. The third-order valence-corrected chi connectivity index (χ3v) is 4.83. The van der Waals surface area contributed by atoms with E-state index in [0.717, 1.165) is 34.8 Å². The highest BCUT2D eigenvalue weighted by Gasteiger charge is 2.12. The van der Waals surface area contributed by atoms with Gasteiger partial charge in [-0.15, -0.1) is 10.2 Å². The molecule has 3 rings (SSSR count). The van der Waals surface area contributed by atoms with E-state index >= 15 is 0 Å². The number of nitrogens with one attached hydrogen (secondary N) is 1. The summed E-state index contributed by atoms with van der Waals surface area (Å²) in [4.78, 5) is 17.1. The van der Waals surface area contributed by atoms with Crippen LogP contribution in [0.3, 0.4) is 0 Å². The van der Waals surface area contributed by atoms with Gasteiger partial charge in [-0.2, -0.15) is 0 Å². The van der Waals surface area contributed by atoms with Crippen molar-refractivity contribution < 1.29 is 0 Å². The summed E-state index contributed by atoms with van der Waals surface area (Å²) in [5, 5.41) is 12.8. The molecule has 0 fully saturated rings. The molecule has 0 radical (unpaired) electrons. The van der Waals surface area contributed by atoms with Gasteiger partial charge in [-0.25, -0.2) is 9.67 Å². The molecule has 2 heterocycles. The molecular weight excluding hydrogens is 334 g/mol. The van der Waals surface area contributed by atoms with E-state index in [1.165, 1.54) is 16.9 Å². The molecule has 0 spiro atoms. The van der Waals surface area contributed by atoms with Gasteiger partial charge in [-0.05, 0) is 38.8 Å². The average molecular weight is 355 g/mol. The van der Waals surface area contributed by atoms with Crippen molar-refractivity contribution in [3.8, 4) is 5.69 Å². The van der Waals surface area contributed by atoms with Crippen LogP contribution in [0, 0.1) is 20.8 Å². The maximum atomic E-state index is 12.8. The van der Waals surface area contributed by atoms with Crippen LogP contribution < -0.4 is 5.56 Å². The number of H-pyrrole nitrogens is 1. The SMILES string of the molecule is CCCc1nnc(N=Cc2c(C)[nH]n(-c3ccc(C)cc3C)c2=O)s1. The van der Waals surface area contributed by atoms with Gasteiger partial charge in [0.05, 0.1) is 11.3 Å².